The van der Waals surface area contributed by atoms with Gasteiger partial charge in [-0.05, 0) is 108 Å². The highest BCUT2D eigenvalue weighted by Crippen LogP contribution is 2.39. The zero-order valence-corrected chi connectivity index (χ0v) is 38.6. The molecule has 15 heteroatoms. The summed E-state index contributed by atoms with van der Waals surface area (Å²) >= 11 is 0. The van der Waals surface area contributed by atoms with Crippen molar-refractivity contribution in [1.29, 1.82) is 0 Å². The predicted octanol–water partition coefficient (Wildman–Crippen LogP) is 8.56. The molecule has 4 aromatic carbocycles. The van der Waals surface area contributed by atoms with Crippen LogP contribution in [0.25, 0.3) is 21.8 Å². The van der Waals surface area contributed by atoms with Crippen LogP contribution in [0.3, 0.4) is 0 Å². The molecule has 3 atom stereocenters. The van der Waals surface area contributed by atoms with Crippen LogP contribution in [0.4, 0.5) is 10.5 Å². The third-order valence-electron chi connectivity index (χ3n) is 11.0. The minimum absolute atomic E-state index is 0.0140. The molecule has 14 nitrogen and oxygen atoms in total. The number of alkyl carbamates (subject to hydrolysis) is 1. The van der Waals surface area contributed by atoms with Crippen molar-refractivity contribution in [2.24, 2.45) is 5.92 Å². The summed E-state index contributed by atoms with van der Waals surface area (Å²) in [5, 5.41) is 6.78. The molecule has 65 heavy (non-hydrogen) atoms. The lowest BCUT2D eigenvalue weighted by Crippen LogP contribution is -2.51. The number of nitrogens with zero attached hydrogens (tertiary/aromatic N) is 3. The zero-order chi connectivity index (χ0) is 47.2. The van der Waals surface area contributed by atoms with Gasteiger partial charge in [0.15, 0.2) is 0 Å². The molecule has 0 saturated carbocycles. The van der Waals surface area contributed by atoms with Crippen molar-refractivity contribution in [2.75, 3.05) is 5.32 Å². The standard InChI is InChI=1S/C50H53N5O9S/c1-29(2)41(43(55-45(57)36-16-10-11-17-37(36)46(55)58)44(56)52-38-18-12-14-31-15-13-25-51-42(31)38)32-21-24-35-33(26-39(47(59)63-49(4,5)6)53-48(60)64-50(7,8)9)28-54(40(35)27-32)65(61,62)34-22-19-30(3)20-23-34/h10-25,27-29,39,41,43H,26H2,1-9H3,(H,52,56)(H,53,60)/t39-,41+,43-/m0/s1. The number of rotatable bonds is 12. The second-order valence-corrected chi connectivity index (χ2v) is 20.4. The van der Waals surface area contributed by atoms with Crippen LogP contribution in [0.15, 0.2) is 114 Å². The number of nitrogens with one attached hydrogen (secondary N) is 2. The minimum atomic E-state index is -4.34. The molecule has 1 aliphatic heterocycles. The maximum Gasteiger partial charge on any atom is 0.408 e. The third-order valence-corrected chi connectivity index (χ3v) is 12.7. The van der Waals surface area contributed by atoms with E-state index in [2.05, 4.69) is 15.6 Å². The Hall–Kier alpha value is -6.87. The number of benzene rings is 4. The maximum atomic E-state index is 15.0. The summed E-state index contributed by atoms with van der Waals surface area (Å²) < 4.78 is 41.8. The molecule has 2 N–H and O–H groups in total. The van der Waals surface area contributed by atoms with Crippen LogP contribution in [-0.2, 0) is 35.5 Å². The molecule has 338 valence electrons. The predicted molar refractivity (Wildman–Crippen MR) is 247 cm³/mol. The first-order valence-electron chi connectivity index (χ1n) is 21.3. The van der Waals surface area contributed by atoms with Crippen LogP contribution in [0, 0.1) is 12.8 Å². The lowest BCUT2D eigenvalue weighted by atomic mass is 9.80. The molecular weight excluding hydrogens is 847 g/mol. The highest BCUT2D eigenvalue weighted by Gasteiger charge is 2.47. The van der Waals surface area contributed by atoms with Crippen molar-refractivity contribution in [3.8, 4) is 0 Å². The quantitative estimate of drug-likeness (QED) is 0.0892. The smallest absolute Gasteiger partial charge is 0.408 e. The van der Waals surface area contributed by atoms with E-state index in [1.54, 1.807) is 121 Å². The van der Waals surface area contributed by atoms with Gasteiger partial charge < -0.3 is 20.1 Å². The van der Waals surface area contributed by atoms with Crippen LogP contribution >= 0.6 is 0 Å². The van der Waals surface area contributed by atoms with E-state index < -0.39 is 74.9 Å². The highest BCUT2D eigenvalue weighted by atomic mass is 32.2. The first-order chi connectivity index (χ1) is 30.5. The zero-order valence-electron chi connectivity index (χ0n) is 37.8. The number of anilines is 1. The van der Waals surface area contributed by atoms with Gasteiger partial charge in [0.05, 0.1) is 32.7 Å². The van der Waals surface area contributed by atoms with E-state index in [9.17, 15) is 32.4 Å². The van der Waals surface area contributed by atoms with Crippen molar-refractivity contribution in [3.63, 3.8) is 0 Å². The van der Waals surface area contributed by atoms with Crippen LogP contribution in [0.1, 0.15) is 98.7 Å². The number of pyridine rings is 1. The van der Waals surface area contributed by atoms with E-state index in [0.29, 0.717) is 27.7 Å². The Morgan fingerprint density at radius 3 is 2.03 bits per heavy atom. The number of hydrogen-bond acceptors (Lipinski definition) is 10. The number of ether oxygens (including phenoxy) is 2. The highest BCUT2D eigenvalue weighted by molar-refractivity contribution is 7.90. The Kier molecular flexibility index (Phi) is 12.5. The fourth-order valence-corrected chi connectivity index (χ4v) is 9.54. The molecule has 3 heterocycles. The van der Waals surface area contributed by atoms with Gasteiger partial charge in [0.1, 0.15) is 23.3 Å². The van der Waals surface area contributed by atoms with Gasteiger partial charge in [-0.15, -0.1) is 0 Å². The van der Waals surface area contributed by atoms with Crippen molar-refractivity contribution < 1.29 is 41.9 Å². The lowest BCUT2D eigenvalue weighted by molar-refractivity contribution is -0.157. The molecule has 0 spiro atoms. The van der Waals surface area contributed by atoms with Gasteiger partial charge in [-0.2, -0.15) is 0 Å². The number of carbonyl (C=O) groups is 5. The van der Waals surface area contributed by atoms with E-state index >= 15 is 0 Å². The average Bonchev–Trinajstić information content (AvgIpc) is 3.71. The number of hydrogen-bond donors (Lipinski definition) is 2. The van der Waals surface area contributed by atoms with Crippen LogP contribution in [-0.4, -0.2) is 75.3 Å². The second kappa shape index (κ2) is 17.6. The van der Waals surface area contributed by atoms with Gasteiger partial charge in [0.25, 0.3) is 21.8 Å². The summed E-state index contributed by atoms with van der Waals surface area (Å²) in [5.41, 5.74) is 1.20. The molecule has 0 fully saturated rings. The van der Waals surface area contributed by atoms with E-state index in [0.717, 1.165) is 19.8 Å². The Morgan fingerprint density at radius 1 is 0.785 bits per heavy atom. The number of aromatic nitrogens is 2. The second-order valence-electron chi connectivity index (χ2n) is 18.6. The van der Waals surface area contributed by atoms with Crippen molar-refractivity contribution in [1.82, 2.24) is 19.2 Å². The van der Waals surface area contributed by atoms with Crippen LogP contribution in [0.2, 0.25) is 0 Å². The van der Waals surface area contributed by atoms with E-state index in [-0.39, 0.29) is 28.0 Å². The summed E-state index contributed by atoms with van der Waals surface area (Å²) in [6, 6.07) is 24.0. The molecule has 1 aliphatic rings. The van der Waals surface area contributed by atoms with Gasteiger partial charge in [-0.3, -0.25) is 24.3 Å². The minimum Gasteiger partial charge on any atom is -0.458 e. The summed E-state index contributed by atoms with van der Waals surface area (Å²) in [5.74, 6) is -4.05. The van der Waals surface area contributed by atoms with Crippen molar-refractivity contribution in [3.05, 3.63) is 137 Å². The molecule has 7 rings (SSSR count). The Bertz CT molecular complexity index is 2920. The first kappa shape index (κ1) is 46.1. The normalized spacial score (nSPS) is 14.6. The molecule has 0 radical (unpaired) electrons. The molecule has 0 aliphatic carbocycles. The Balaban J connectivity index is 1.40. The third kappa shape index (κ3) is 9.65. The van der Waals surface area contributed by atoms with E-state index in [1.807, 2.05) is 32.9 Å². The lowest BCUT2D eigenvalue weighted by Gasteiger charge is -2.35. The number of aryl methyl sites for hydroxylation is 1. The average molecular weight is 900 g/mol. The molecule has 0 saturated heterocycles. The number of fused-ring (bicyclic) bond motifs is 3. The number of para-hydroxylation sites is 1. The molecule has 2 aromatic heterocycles. The van der Waals surface area contributed by atoms with Crippen LogP contribution in [0.5, 0.6) is 0 Å². The molecule has 6 aromatic rings. The number of esters is 1. The van der Waals surface area contributed by atoms with Crippen molar-refractivity contribution >= 4 is 67.3 Å². The Morgan fingerprint density at radius 2 is 1.42 bits per heavy atom. The van der Waals surface area contributed by atoms with Crippen LogP contribution < -0.4 is 10.6 Å². The van der Waals surface area contributed by atoms with Gasteiger partial charge in [0.2, 0.25) is 5.91 Å². The van der Waals surface area contributed by atoms with Gasteiger partial charge in [-0.1, -0.05) is 74.0 Å². The number of amides is 4. The SMILES string of the molecule is Cc1ccc(S(=O)(=O)n2cc(C[C@H](NC(=O)OC(C)(C)C)C(=O)OC(C)(C)C)c3ccc([C@@H](C(C)C)[C@@H](C(=O)Nc4cccc5cccnc45)N4C(=O)c5ccccc5C4=O)cc32)cc1. The largest absolute Gasteiger partial charge is 0.458 e. The Labute approximate surface area is 378 Å². The van der Waals surface area contributed by atoms with E-state index in [1.165, 1.54) is 18.3 Å². The van der Waals surface area contributed by atoms with E-state index in [4.69, 9.17) is 9.47 Å². The van der Waals surface area contributed by atoms with Gasteiger partial charge >= 0.3 is 12.1 Å². The summed E-state index contributed by atoms with van der Waals surface area (Å²) in [7, 11) is -4.34. The fraction of sp³-hybridized carbons (Fsp3) is 0.320. The summed E-state index contributed by atoms with van der Waals surface area (Å²) in [4.78, 5) is 76.0. The van der Waals surface area contributed by atoms with Gasteiger partial charge in [-0.25, -0.2) is 22.0 Å². The molecule has 0 bridgehead atoms. The number of imide groups is 1. The monoisotopic (exact) mass is 899 g/mol. The summed E-state index contributed by atoms with van der Waals surface area (Å²) in [6.07, 6.45) is 1.93. The molecular formula is C50H53N5O9S. The van der Waals surface area contributed by atoms with Crippen molar-refractivity contribution in [2.45, 2.75) is 103 Å². The summed E-state index contributed by atoms with van der Waals surface area (Å²) in [6.45, 7) is 15.7. The maximum absolute atomic E-state index is 15.0. The molecule has 0 unspecified atom stereocenters. The topological polar surface area (TPSA) is 183 Å². The molecule has 4 amide bonds. The number of carbonyl (C=O) groups excluding carboxylic acids is 5. The van der Waals surface area contributed by atoms with Gasteiger partial charge in [0, 0.05) is 35.5 Å². The first-order valence-corrected chi connectivity index (χ1v) is 22.8. The fourth-order valence-electron chi connectivity index (χ4n) is 8.16.